The number of rotatable bonds is 0. The average Bonchev–Trinajstić information content (AvgIpc) is 2.29. The van der Waals surface area contributed by atoms with Crippen LogP contribution in [0, 0.1) is 5.92 Å². The van der Waals surface area contributed by atoms with Crippen LogP contribution in [0.3, 0.4) is 0 Å². The summed E-state index contributed by atoms with van der Waals surface area (Å²) < 4.78 is 0. The van der Waals surface area contributed by atoms with Gasteiger partial charge in [0.15, 0.2) is 0 Å². The summed E-state index contributed by atoms with van der Waals surface area (Å²) in [5, 5.41) is 0. The summed E-state index contributed by atoms with van der Waals surface area (Å²) in [6, 6.07) is 0.593. The molecule has 0 spiro atoms. The smallest absolute Gasteiger partial charge is 0.0603 e. The molecule has 0 aromatic rings. The van der Waals surface area contributed by atoms with Gasteiger partial charge in [0.2, 0.25) is 0 Å². The average molecular weight is 161 g/mol. The highest BCUT2D eigenvalue weighted by molar-refractivity contribution is 5.31. The lowest BCUT2D eigenvalue weighted by Gasteiger charge is -2.28. The molecule has 2 heterocycles. The zero-order valence-corrected chi connectivity index (χ0v) is 7.91. The molecule has 0 amide bonds. The molecule has 2 unspecified atom stereocenters. The first kappa shape index (κ1) is 7.66. The molecule has 2 atom stereocenters. The van der Waals surface area contributed by atoms with Crippen LogP contribution >= 0.6 is 0 Å². The first-order valence-electron chi connectivity index (χ1n) is 4.51. The Balaban J connectivity index is 2.34. The minimum Gasteiger partial charge on any atom is -0.347 e. The number of fused-ring (bicyclic) bond motifs is 1. The van der Waals surface area contributed by atoms with Gasteiger partial charge in [-0.25, -0.2) is 0 Å². The topological polar surface area (TPSA) is 3.24 Å². The molecule has 0 fully saturated rings. The Labute approximate surface area is 74.1 Å². The second-order valence-electron chi connectivity index (χ2n) is 3.81. The molecule has 2 rings (SSSR count). The summed E-state index contributed by atoms with van der Waals surface area (Å²) in [7, 11) is 0. The fourth-order valence-corrected chi connectivity index (χ4v) is 2.10. The predicted molar refractivity (Wildman–Crippen MR) is 51.4 cm³/mol. The molecule has 0 saturated carbocycles. The highest BCUT2D eigenvalue weighted by Gasteiger charge is 2.30. The van der Waals surface area contributed by atoms with Gasteiger partial charge in [0.1, 0.15) is 0 Å². The maximum atomic E-state index is 2.31. The molecule has 2 aliphatic rings. The van der Waals surface area contributed by atoms with Crippen molar-refractivity contribution in [1.29, 1.82) is 0 Å². The summed E-state index contributed by atoms with van der Waals surface area (Å²) in [6.07, 6.45) is 8.74. The summed E-state index contributed by atoms with van der Waals surface area (Å²) in [5.74, 6) is 0.672. The quantitative estimate of drug-likeness (QED) is 0.528. The van der Waals surface area contributed by atoms with Crippen LogP contribution in [0.25, 0.3) is 0 Å². The Morgan fingerprint density at radius 1 is 1.25 bits per heavy atom. The van der Waals surface area contributed by atoms with E-state index in [0.29, 0.717) is 12.0 Å². The molecule has 0 aliphatic carbocycles. The number of hydrogen-bond donors (Lipinski definition) is 0. The van der Waals surface area contributed by atoms with E-state index in [1.807, 2.05) is 0 Å². The number of allylic oxidation sites excluding steroid dienone is 2. The van der Waals surface area contributed by atoms with E-state index in [0.717, 1.165) is 0 Å². The lowest BCUT2D eigenvalue weighted by molar-refractivity contribution is 0.376. The number of nitrogens with zero attached hydrogens (tertiary/aromatic N) is 1. The summed E-state index contributed by atoms with van der Waals surface area (Å²) in [4.78, 5) is 2.31. The van der Waals surface area contributed by atoms with E-state index in [9.17, 15) is 0 Å². The summed E-state index contributed by atoms with van der Waals surface area (Å²) in [5.41, 5.74) is 2.96. The van der Waals surface area contributed by atoms with Gasteiger partial charge in [0.05, 0.1) is 6.04 Å². The van der Waals surface area contributed by atoms with E-state index in [1.54, 1.807) is 0 Å². The lowest BCUT2D eigenvalue weighted by Crippen LogP contribution is -2.29. The second-order valence-corrected chi connectivity index (χ2v) is 3.81. The highest BCUT2D eigenvalue weighted by atomic mass is 15.2. The van der Waals surface area contributed by atoms with Gasteiger partial charge in [-0.2, -0.15) is 0 Å². The fourth-order valence-electron chi connectivity index (χ4n) is 2.10. The molecule has 1 nitrogen and oxygen atoms in total. The molecule has 1 heteroatoms. The van der Waals surface area contributed by atoms with E-state index < -0.39 is 0 Å². The van der Waals surface area contributed by atoms with Crippen LogP contribution in [0.2, 0.25) is 0 Å². The first-order chi connectivity index (χ1) is 5.70. The molecule has 2 aliphatic heterocycles. The molecular formula is C11H15N. The van der Waals surface area contributed by atoms with Crippen LogP contribution in [0.1, 0.15) is 20.8 Å². The molecule has 0 saturated heterocycles. The minimum absolute atomic E-state index is 0.593. The van der Waals surface area contributed by atoms with E-state index in [-0.39, 0.29) is 0 Å². The first-order valence-corrected chi connectivity index (χ1v) is 4.51. The zero-order valence-electron chi connectivity index (χ0n) is 7.91. The Bertz CT molecular complexity index is 283. The van der Waals surface area contributed by atoms with E-state index >= 15 is 0 Å². The Kier molecular flexibility index (Phi) is 1.60. The van der Waals surface area contributed by atoms with Crippen molar-refractivity contribution in [1.82, 2.24) is 4.90 Å². The standard InChI is InChI=1S/C11H15N/c1-8-5-4-6-12-7-9(2)10(3)11(8)12/h4-7,10-11H,1-3H3. The van der Waals surface area contributed by atoms with Crippen molar-refractivity contribution in [3.63, 3.8) is 0 Å². The van der Waals surface area contributed by atoms with E-state index in [2.05, 4.69) is 50.2 Å². The van der Waals surface area contributed by atoms with Crippen molar-refractivity contribution < 1.29 is 0 Å². The van der Waals surface area contributed by atoms with Crippen molar-refractivity contribution in [2.45, 2.75) is 26.8 Å². The van der Waals surface area contributed by atoms with Gasteiger partial charge in [-0.1, -0.05) is 24.1 Å². The zero-order chi connectivity index (χ0) is 8.72. The van der Waals surface area contributed by atoms with Gasteiger partial charge in [-0.05, 0) is 19.9 Å². The minimum atomic E-state index is 0.593. The maximum absolute atomic E-state index is 2.31. The molecule has 64 valence electrons. The van der Waals surface area contributed by atoms with Gasteiger partial charge >= 0.3 is 0 Å². The molecule has 0 radical (unpaired) electrons. The molecule has 0 N–H and O–H groups in total. The van der Waals surface area contributed by atoms with E-state index in [1.165, 1.54) is 11.1 Å². The van der Waals surface area contributed by atoms with Gasteiger partial charge < -0.3 is 4.90 Å². The SMILES string of the molecule is CC1=CN2C=CC=C(C)C2C1C. The van der Waals surface area contributed by atoms with Crippen molar-refractivity contribution in [3.8, 4) is 0 Å². The number of hydrogen-bond acceptors (Lipinski definition) is 1. The van der Waals surface area contributed by atoms with Gasteiger partial charge in [-0.3, -0.25) is 0 Å². The molecule has 0 aromatic carbocycles. The van der Waals surface area contributed by atoms with Crippen molar-refractivity contribution in [2.24, 2.45) is 5.92 Å². The normalized spacial score (nSPS) is 33.1. The Hall–Kier alpha value is -0.980. The van der Waals surface area contributed by atoms with Crippen molar-refractivity contribution in [3.05, 3.63) is 35.7 Å². The van der Waals surface area contributed by atoms with Crippen LogP contribution in [0.4, 0.5) is 0 Å². The van der Waals surface area contributed by atoms with Gasteiger partial charge in [-0.15, -0.1) is 0 Å². The van der Waals surface area contributed by atoms with Gasteiger partial charge in [0.25, 0.3) is 0 Å². The summed E-state index contributed by atoms with van der Waals surface area (Å²) >= 11 is 0. The van der Waals surface area contributed by atoms with Crippen LogP contribution in [-0.2, 0) is 0 Å². The second kappa shape index (κ2) is 2.51. The Morgan fingerprint density at radius 2 is 2.00 bits per heavy atom. The van der Waals surface area contributed by atoms with Crippen LogP contribution in [0.5, 0.6) is 0 Å². The highest BCUT2D eigenvalue weighted by Crippen LogP contribution is 2.33. The third kappa shape index (κ3) is 0.927. The van der Waals surface area contributed by atoms with Crippen molar-refractivity contribution in [2.75, 3.05) is 0 Å². The van der Waals surface area contributed by atoms with E-state index in [4.69, 9.17) is 0 Å². The molecular weight excluding hydrogens is 146 g/mol. The molecule has 0 aromatic heterocycles. The predicted octanol–water partition coefficient (Wildman–Crippen LogP) is 2.68. The summed E-state index contributed by atoms with van der Waals surface area (Å²) in [6.45, 7) is 6.72. The largest absolute Gasteiger partial charge is 0.347 e. The van der Waals surface area contributed by atoms with Crippen molar-refractivity contribution >= 4 is 0 Å². The fraction of sp³-hybridized carbons (Fsp3) is 0.455. The third-order valence-corrected chi connectivity index (χ3v) is 2.95. The van der Waals surface area contributed by atoms with Crippen LogP contribution in [-0.4, -0.2) is 10.9 Å². The Morgan fingerprint density at radius 3 is 2.67 bits per heavy atom. The van der Waals surface area contributed by atoms with Crippen LogP contribution in [0.15, 0.2) is 35.7 Å². The third-order valence-electron chi connectivity index (χ3n) is 2.95. The molecule has 0 bridgehead atoms. The maximum Gasteiger partial charge on any atom is 0.0603 e. The van der Waals surface area contributed by atoms with Crippen LogP contribution < -0.4 is 0 Å². The molecule has 12 heavy (non-hydrogen) atoms. The monoisotopic (exact) mass is 161 g/mol. The lowest BCUT2D eigenvalue weighted by atomic mass is 9.91. The van der Waals surface area contributed by atoms with Gasteiger partial charge in [0, 0.05) is 18.3 Å².